The molecule has 0 spiro atoms. The van der Waals surface area contributed by atoms with E-state index in [2.05, 4.69) is 0 Å². The molecule has 2 aliphatic rings. The zero-order valence-electron chi connectivity index (χ0n) is 10.9. The number of hydrogen-bond donors (Lipinski definition) is 1. The average Bonchev–Trinajstić information content (AvgIpc) is 2.92. The maximum atomic E-state index is 12.0. The first-order chi connectivity index (χ1) is 7.62. The normalized spacial score (nSPS) is 25.6. The Morgan fingerprint density at radius 2 is 1.82 bits per heavy atom. The molecule has 1 aliphatic heterocycles. The Bertz CT molecular complexity index is 386. The van der Waals surface area contributed by atoms with Crippen LogP contribution in [0.5, 0.6) is 0 Å². The highest BCUT2D eigenvalue weighted by Gasteiger charge is 2.54. The Hall–Kier alpha value is -0.130. The van der Waals surface area contributed by atoms with E-state index in [0.717, 1.165) is 12.8 Å². The summed E-state index contributed by atoms with van der Waals surface area (Å²) in [5.41, 5.74) is -0.681. The Morgan fingerprint density at radius 1 is 1.29 bits per heavy atom. The Balaban J connectivity index is 1.86. The third-order valence-corrected chi connectivity index (χ3v) is 5.51. The first-order valence-electron chi connectivity index (χ1n) is 6.33. The minimum atomic E-state index is -3.16. The molecule has 0 aromatic carbocycles. The molecule has 0 unspecified atom stereocenters. The van der Waals surface area contributed by atoms with Gasteiger partial charge in [-0.05, 0) is 30.6 Å². The number of aliphatic hydroxyl groups is 1. The van der Waals surface area contributed by atoms with Crippen LogP contribution in [0.1, 0.15) is 40.0 Å². The van der Waals surface area contributed by atoms with E-state index in [1.165, 1.54) is 4.31 Å². The number of β-amino-alcohol motifs (C(OH)–C–C–N with tert-alkyl or cyclic N) is 1. The highest BCUT2D eigenvalue weighted by Crippen LogP contribution is 2.45. The van der Waals surface area contributed by atoms with Gasteiger partial charge < -0.3 is 5.11 Å². The van der Waals surface area contributed by atoms with Crippen LogP contribution in [0.25, 0.3) is 0 Å². The highest BCUT2D eigenvalue weighted by molar-refractivity contribution is 7.89. The predicted molar refractivity (Wildman–Crippen MR) is 67.1 cm³/mol. The van der Waals surface area contributed by atoms with Crippen molar-refractivity contribution < 1.29 is 13.5 Å². The van der Waals surface area contributed by atoms with Gasteiger partial charge in [0, 0.05) is 13.1 Å². The van der Waals surface area contributed by atoms with Gasteiger partial charge in [0.05, 0.1) is 11.4 Å². The first-order valence-corrected chi connectivity index (χ1v) is 7.94. The molecule has 0 aromatic rings. The third-order valence-electron chi connectivity index (χ3n) is 3.74. The van der Waals surface area contributed by atoms with E-state index in [1.54, 1.807) is 0 Å². The van der Waals surface area contributed by atoms with Crippen LogP contribution in [0.3, 0.4) is 0 Å². The summed E-state index contributed by atoms with van der Waals surface area (Å²) in [5.74, 6) is 0.536. The van der Waals surface area contributed by atoms with Crippen molar-refractivity contribution in [3.63, 3.8) is 0 Å². The van der Waals surface area contributed by atoms with E-state index in [9.17, 15) is 13.5 Å². The van der Waals surface area contributed by atoms with Crippen molar-refractivity contribution in [2.45, 2.75) is 45.6 Å². The standard InChI is InChI=1S/C12H23NO3S/c1-11(2,3)6-7-17(15,16)13-8-12(14,9-13)10-4-5-10/h10,14H,4-9H2,1-3H3. The molecule has 4 nitrogen and oxygen atoms in total. The van der Waals surface area contributed by atoms with E-state index >= 15 is 0 Å². The molecule has 1 heterocycles. The zero-order chi connectivity index (χ0) is 12.9. The third kappa shape index (κ3) is 3.01. The molecule has 17 heavy (non-hydrogen) atoms. The molecule has 1 saturated heterocycles. The molecule has 0 atom stereocenters. The summed E-state index contributed by atoms with van der Waals surface area (Å²) < 4.78 is 25.5. The van der Waals surface area contributed by atoms with Crippen molar-refractivity contribution in [2.24, 2.45) is 11.3 Å². The maximum absolute atomic E-state index is 12.0. The van der Waals surface area contributed by atoms with E-state index < -0.39 is 15.6 Å². The van der Waals surface area contributed by atoms with Gasteiger partial charge in [-0.25, -0.2) is 8.42 Å². The molecular formula is C12H23NO3S. The Morgan fingerprint density at radius 3 is 2.24 bits per heavy atom. The summed E-state index contributed by atoms with van der Waals surface area (Å²) in [6.07, 6.45) is 2.76. The minimum Gasteiger partial charge on any atom is -0.387 e. The van der Waals surface area contributed by atoms with Gasteiger partial charge in [-0.1, -0.05) is 20.8 Å². The van der Waals surface area contributed by atoms with Crippen LogP contribution in [0, 0.1) is 11.3 Å². The molecule has 0 aromatic heterocycles. The quantitative estimate of drug-likeness (QED) is 0.827. The van der Waals surface area contributed by atoms with Crippen LogP contribution in [0.15, 0.2) is 0 Å². The second-order valence-electron chi connectivity index (χ2n) is 6.77. The molecule has 0 radical (unpaired) electrons. The van der Waals surface area contributed by atoms with Crippen LogP contribution in [-0.2, 0) is 10.0 Å². The lowest BCUT2D eigenvalue weighted by Crippen LogP contribution is -2.64. The summed E-state index contributed by atoms with van der Waals surface area (Å²) in [6, 6.07) is 0. The van der Waals surface area contributed by atoms with Crippen LogP contribution >= 0.6 is 0 Å². The molecule has 0 bridgehead atoms. The fraction of sp³-hybridized carbons (Fsp3) is 1.00. The second kappa shape index (κ2) is 3.93. The van der Waals surface area contributed by atoms with Crippen LogP contribution < -0.4 is 0 Å². The van der Waals surface area contributed by atoms with Gasteiger partial charge in [0.1, 0.15) is 0 Å². The second-order valence-corrected chi connectivity index (χ2v) is 8.86. The molecule has 5 heteroatoms. The van der Waals surface area contributed by atoms with Gasteiger partial charge in [-0.15, -0.1) is 0 Å². The fourth-order valence-corrected chi connectivity index (χ4v) is 4.17. The van der Waals surface area contributed by atoms with Crippen molar-refractivity contribution in [3.05, 3.63) is 0 Å². The molecule has 100 valence electrons. The summed E-state index contributed by atoms with van der Waals surface area (Å²) in [6.45, 7) is 6.74. The highest BCUT2D eigenvalue weighted by atomic mass is 32.2. The SMILES string of the molecule is CC(C)(C)CCS(=O)(=O)N1CC(O)(C2CC2)C1. The Kier molecular flexibility index (Phi) is 3.08. The average molecular weight is 261 g/mol. The summed E-state index contributed by atoms with van der Waals surface area (Å²) >= 11 is 0. The maximum Gasteiger partial charge on any atom is 0.214 e. The van der Waals surface area contributed by atoms with Crippen LogP contribution in [-0.4, -0.2) is 42.3 Å². The molecule has 1 saturated carbocycles. The molecule has 1 aliphatic carbocycles. The fourth-order valence-electron chi connectivity index (χ4n) is 2.20. The van der Waals surface area contributed by atoms with Gasteiger partial charge in [0.25, 0.3) is 0 Å². The van der Waals surface area contributed by atoms with Gasteiger partial charge in [-0.3, -0.25) is 0 Å². The summed E-state index contributed by atoms with van der Waals surface area (Å²) in [7, 11) is -3.16. The largest absolute Gasteiger partial charge is 0.387 e. The molecular weight excluding hydrogens is 238 g/mol. The number of hydrogen-bond acceptors (Lipinski definition) is 3. The van der Waals surface area contributed by atoms with Gasteiger partial charge in [-0.2, -0.15) is 4.31 Å². The van der Waals surface area contributed by atoms with E-state index in [4.69, 9.17) is 0 Å². The number of rotatable bonds is 4. The molecule has 2 fully saturated rings. The van der Waals surface area contributed by atoms with Crippen molar-refractivity contribution in [3.8, 4) is 0 Å². The van der Waals surface area contributed by atoms with Crippen LogP contribution in [0.4, 0.5) is 0 Å². The smallest absolute Gasteiger partial charge is 0.214 e. The molecule has 0 amide bonds. The monoisotopic (exact) mass is 261 g/mol. The summed E-state index contributed by atoms with van der Waals surface area (Å²) in [5, 5.41) is 10.1. The van der Waals surface area contributed by atoms with Gasteiger partial charge >= 0.3 is 0 Å². The number of sulfonamides is 1. The van der Waals surface area contributed by atoms with E-state index in [-0.39, 0.29) is 11.2 Å². The van der Waals surface area contributed by atoms with Crippen molar-refractivity contribution in [1.82, 2.24) is 4.31 Å². The van der Waals surface area contributed by atoms with Crippen molar-refractivity contribution in [2.75, 3.05) is 18.8 Å². The van der Waals surface area contributed by atoms with Crippen molar-refractivity contribution in [1.29, 1.82) is 0 Å². The predicted octanol–water partition coefficient (Wildman–Crippen LogP) is 1.21. The molecule has 1 N–H and O–H groups in total. The van der Waals surface area contributed by atoms with E-state index in [0.29, 0.717) is 25.4 Å². The lowest BCUT2D eigenvalue weighted by atomic mass is 9.91. The van der Waals surface area contributed by atoms with Crippen LogP contribution in [0.2, 0.25) is 0 Å². The Labute approximate surface area is 104 Å². The van der Waals surface area contributed by atoms with E-state index in [1.807, 2.05) is 20.8 Å². The van der Waals surface area contributed by atoms with Gasteiger partial charge in [0.2, 0.25) is 10.0 Å². The lowest BCUT2D eigenvalue weighted by Gasteiger charge is -2.46. The lowest BCUT2D eigenvalue weighted by molar-refractivity contribution is -0.0765. The topological polar surface area (TPSA) is 57.6 Å². The van der Waals surface area contributed by atoms with Gasteiger partial charge in [0.15, 0.2) is 0 Å². The van der Waals surface area contributed by atoms with Crippen molar-refractivity contribution >= 4 is 10.0 Å². The molecule has 2 rings (SSSR count). The summed E-state index contributed by atoms with van der Waals surface area (Å²) in [4.78, 5) is 0. The minimum absolute atomic E-state index is 0.0325. The first kappa shape index (κ1) is 13.3. The number of nitrogens with zero attached hydrogens (tertiary/aromatic N) is 1. The zero-order valence-corrected chi connectivity index (χ0v) is 11.8.